The number of hydrogen-bond acceptors (Lipinski definition) is 2. The van der Waals surface area contributed by atoms with Crippen LogP contribution >= 0.6 is 47.2 Å². The fourth-order valence-electron chi connectivity index (χ4n) is 3.84. The quantitative estimate of drug-likeness (QED) is 0.372. The normalized spacial score (nSPS) is 23.0. The van der Waals surface area contributed by atoms with Gasteiger partial charge in [0.15, 0.2) is 5.96 Å². The molecule has 0 saturated carbocycles. The maximum Gasteiger partial charge on any atom is 0.220 e. The summed E-state index contributed by atoms with van der Waals surface area (Å²) in [6, 6.07) is 5.61. The SMILES string of the molecule is CN=C(NCCc1cc(Cl)cc(Cl)c1)N1CCCC2(CNC(=O)C2)C1.I. The van der Waals surface area contributed by atoms with Crippen LogP contribution in [0.1, 0.15) is 24.8 Å². The molecule has 2 aliphatic heterocycles. The molecule has 3 rings (SSSR count). The van der Waals surface area contributed by atoms with Crippen molar-refractivity contribution in [2.75, 3.05) is 33.2 Å². The smallest absolute Gasteiger partial charge is 0.220 e. The Labute approximate surface area is 181 Å². The van der Waals surface area contributed by atoms with Gasteiger partial charge in [-0.1, -0.05) is 23.2 Å². The molecule has 2 aliphatic rings. The van der Waals surface area contributed by atoms with Crippen LogP contribution in [-0.4, -0.2) is 50.0 Å². The van der Waals surface area contributed by atoms with Gasteiger partial charge >= 0.3 is 0 Å². The van der Waals surface area contributed by atoms with Crippen molar-refractivity contribution in [3.63, 3.8) is 0 Å². The number of nitrogens with one attached hydrogen (secondary N) is 2. The molecule has 1 spiro atoms. The molecule has 0 aromatic heterocycles. The van der Waals surface area contributed by atoms with Crippen molar-refractivity contribution in [2.24, 2.45) is 10.4 Å². The first-order valence-electron chi connectivity index (χ1n) is 8.67. The zero-order valence-corrected chi connectivity index (χ0v) is 18.7. The number of rotatable bonds is 3. The molecule has 1 atom stereocenters. The Kier molecular flexibility index (Phi) is 7.85. The van der Waals surface area contributed by atoms with Gasteiger partial charge in [0.2, 0.25) is 5.91 Å². The van der Waals surface area contributed by atoms with Gasteiger partial charge in [0.1, 0.15) is 0 Å². The third kappa shape index (κ3) is 5.39. The van der Waals surface area contributed by atoms with Crippen LogP contribution in [0.3, 0.4) is 0 Å². The van der Waals surface area contributed by atoms with Crippen molar-refractivity contribution < 1.29 is 4.79 Å². The van der Waals surface area contributed by atoms with Crippen LogP contribution in [0.2, 0.25) is 10.0 Å². The number of nitrogens with zero attached hydrogens (tertiary/aromatic N) is 2. The maximum atomic E-state index is 11.6. The van der Waals surface area contributed by atoms with Gasteiger partial charge in [-0.15, -0.1) is 24.0 Å². The number of aliphatic imine (C=N–C) groups is 1. The largest absolute Gasteiger partial charge is 0.356 e. The Morgan fingerprint density at radius 1 is 1.35 bits per heavy atom. The highest BCUT2D eigenvalue weighted by atomic mass is 127. The summed E-state index contributed by atoms with van der Waals surface area (Å²) in [7, 11) is 1.80. The summed E-state index contributed by atoms with van der Waals surface area (Å²) in [4.78, 5) is 18.3. The lowest BCUT2D eigenvalue weighted by Gasteiger charge is -2.40. The number of likely N-dealkylation sites (tertiary alicyclic amines) is 1. The summed E-state index contributed by atoms with van der Waals surface area (Å²) < 4.78 is 0. The van der Waals surface area contributed by atoms with Crippen LogP contribution in [0.25, 0.3) is 0 Å². The van der Waals surface area contributed by atoms with Gasteiger partial charge in [0.05, 0.1) is 0 Å². The van der Waals surface area contributed by atoms with E-state index in [0.717, 1.165) is 57.0 Å². The Balaban J connectivity index is 0.00000243. The summed E-state index contributed by atoms with van der Waals surface area (Å²) in [6.45, 7) is 3.37. The fourth-order valence-corrected chi connectivity index (χ4v) is 4.41. The summed E-state index contributed by atoms with van der Waals surface area (Å²) >= 11 is 12.1. The minimum atomic E-state index is 0. The molecule has 1 aromatic rings. The van der Waals surface area contributed by atoms with Crippen molar-refractivity contribution in [1.82, 2.24) is 15.5 Å². The average Bonchev–Trinajstić information content (AvgIpc) is 2.91. The van der Waals surface area contributed by atoms with Gasteiger partial charge in [-0.05, 0) is 43.0 Å². The predicted molar refractivity (Wildman–Crippen MR) is 118 cm³/mol. The minimum Gasteiger partial charge on any atom is -0.356 e. The van der Waals surface area contributed by atoms with Crippen molar-refractivity contribution in [2.45, 2.75) is 25.7 Å². The molecule has 2 fully saturated rings. The van der Waals surface area contributed by atoms with E-state index in [1.165, 1.54) is 0 Å². The third-order valence-corrected chi connectivity index (χ3v) is 5.42. The van der Waals surface area contributed by atoms with E-state index in [4.69, 9.17) is 23.2 Å². The predicted octanol–water partition coefficient (Wildman–Crippen LogP) is 3.33. The topological polar surface area (TPSA) is 56.7 Å². The number of halogens is 3. The van der Waals surface area contributed by atoms with Crippen LogP contribution in [0.15, 0.2) is 23.2 Å². The van der Waals surface area contributed by atoms with Crippen molar-refractivity contribution in [3.05, 3.63) is 33.8 Å². The molecule has 2 saturated heterocycles. The Bertz CT molecular complexity index is 665. The first kappa shape index (κ1) is 21.6. The van der Waals surface area contributed by atoms with E-state index in [9.17, 15) is 4.79 Å². The molecular formula is C18H25Cl2IN4O. The van der Waals surface area contributed by atoms with E-state index in [1.807, 2.05) is 12.1 Å². The van der Waals surface area contributed by atoms with E-state index in [-0.39, 0.29) is 35.3 Å². The van der Waals surface area contributed by atoms with Crippen LogP contribution in [0, 0.1) is 5.41 Å². The molecule has 5 nitrogen and oxygen atoms in total. The lowest BCUT2D eigenvalue weighted by Crippen LogP contribution is -2.51. The first-order chi connectivity index (χ1) is 12.0. The number of amides is 1. The second-order valence-electron chi connectivity index (χ2n) is 6.98. The number of carbonyl (C=O) groups excluding carboxylic acids is 1. The van der Waals surface area contributed by atoms with Gasteiger partial charge in [0, 0.05) is 55.1 Å². The Morgan fingerprint density at radius 2 is 2.08 bits per heavy atom. The Hall–Kier alpha value is -0.730. The highest BCUT2D eigenvalue weighted by molar-refractivity contribution is 14.0. The zero-order valence-electron chi connectivity index (χ0n) is 14.9. The van der Waals surface area contributed by atoms with Crippen molar-refractivity contribution in [3.8, 4) is 0 Å². The highest BCUT2D eigenvalue weighted by Gasteiger charge is 2.42. The highest BCUT2D eigenvalue weighted by Crippen LogP contribution is 2.35. The number of hydrogen-bond donors (Lipinski definition) is 2. The molecule has 8 heteroatoms. The van der Waals surface area contributed by atoms with Crippen LogP contribution < -0.4 is 10.6 Å². The number of piperidine rings is 1. The molecule has 144 valence electrons. The molecule has 0 bridgehead atoms. The summed E-state index contributed by atoms with van der Waals surface area (Å²) in [5.74, 6) is 1.06. The van der Waals surface area contributed by atoms with Gasteiger partial charge < -0.3 is 15.5 Å². The minimum absolute atomic E-state index is 0. The Morgan fingerprint density at radius 3 is 2.69 bits per heavy atom. The zero-order chi connectivity index (χ0) is 17.9. The van der Waals surface area contributed by atoms with Gasteiger partial charge in [-0.2, -0.15) is 0 Å². The first-order valence-corrected chi connectivity index (χ1v) is 9.43. The van der Waals surface area contributed by atoms with E-state index in [1.54, 1.807) is 13.1 Å². The standard InChI is InChI=1S/C18H24Cl2N4O.HI/c1-21-17(22-5-3-13-7-14(19)9-15(20)8-13)24-6-2-4-18(12-24)10-16(25)23-11-18;/h7-9H,2-6,10-12H2,1H3,(H,21,22)(H,23,25);1H. The maximum absolute atomic E-state index is 11.6. The monoisotopic (exact) mass is 510 g/mol. The lowest BCUT2D eigenvalue weighted by atomic mass is 9.79. The number of benzene rings is 1. The van der Waals surface area contributed by atoms with E-state index in [2.05, 4.69) is 20.5 Å². The van der Waals surface area contributed by atoms with Crippen molar-refractivity contribution in [1.29, 1.82) is 0 Å². The molecule has 1 aromatic carbocycles. The summed E-state index contributed by atoms with van der Waals surface area (Å²) in [6.07, 6.45) is 3.62. The molecule has 26 heavy (non-hydrogen) atoms. The molecule has 2 N–H and O–H groups in total. The van der Waals surface area contributed by atoms with Gasteiger partial charge in [0.25, 0.3) is 0 Å². The number of guanidine groups is 1. The van der Waals surface area contributed by atoms with Crippen molar-refractivity contribution >= 4 is 59.0 Å². The number of carbonyl (C=O) groups is 1. The second kappa shape index (κ2) is 9.46. The lowest BCUT2D eigenvalue weighted by molar-refractivity contribution is -0.119. The second-order valence-corrected chi connectivity index (χ2v) is 7.85. The molecule has 1 unspecified atom stereocenters. The molecule has 0 aliphatic carbocycles. The van der Waals surface area contributed by atoms with Crippen LogP contribution in [0.5, 0.6) is 0 Å². The fraction of sp³-hybridized carbons (Fsp3) is 0.556. The third-order valence-electron chi connectivity index (χ3n) is 4.99. The summed E-state index contributed by atoms with van der Waals surface area (Å²) in [5.41, 5.74) is 1.16. The van der Waals surface area contributed by atoms with E-state index in [0.29, 0.717) is 16.5 Å². The molecule has 0 radical (unpaired) electrons. The molecule has 1 amide bonds. The van der Waals surface area contributed by atoms with Crippen LogP contribution in [0.4, 0.5) is 0 Å². The van der Waals surface area contributed by atoms with Crippen LogP contribution in [-0.2, 0) is 11.2 Å². The van der Waals surface area contributed by atoms with E-state index < -0.39 is 0 Å². The average molecular weight is 511 g/mol. The van der Waals surface area contributed by atoms with Gasteiger partial charge in [-0.25, -0.2) is 0 Å². The van der Waals surface area contributed by atoms with E-state index >= 15 is 0 Å². The molecule has 2 heterocycles. The summed E-state index contributed by atoms with van der Waals surface area (Å²) in [5, 5.41) is 7.72. The molecular weight excluding hydrogens is 486 g/mol. The van der Waals surface area contributed by atoms with Gasteiger partial charge in [-0.3, -0.25) is 9.79 Å².